The van der Waals surface area contributed by atoms with Crippen molar-refractivity contribution < 1.29 is 0 Å². The summed E-state index contributed by atoms with van der Waals surface area (Å²) in [6.07, 6.45) is 0. The van der Waals surface area contributed by atoms with E-state index in [0.717, 1.165) is 83.9 Å². The first kappa shape index (κ1) is 87.9. The van der Waals surface area contributed by atoms with Gasteiger partial charge in [-0.25, -0.2) is 39.9 Å². The zero-order chi connectivity index (χ0) is 98.7. The van der Waals surface area contributed by atoms with Gasteiger partial charge in [-0.05, 0) is 192 Å². The zero-order valence-corrected chi connectivity index (χ0v) is 81.8. The Kier molecular flexibility index (Phi) is 21.3. The minimum absolute atomic E-state index is 0.0726. The Bertz CT molecular complexity index is 9530. The van der Waals surface area contributed by atoms with Crippen molar-refractivity contribution in [2.24, 2.45) is 0 Å². The summed E-state index contributed by atoms with van der Waals surface area (Å²) in [5.74, 6) is 4.57. The van der Waals surface area contributed by atoms with Gasteiger partial charge in [-0.2, -0.15) is 0 Å². The second-order valence-electron chi connectivity index (χ2n) is 39.6. The lowest BCUT2D eigenvalue weighted by atomic mass is 9.67. The first-order chi connectivity index (χ1) is 72.9. The average molecular weight is 1900 g/mol. The van der Waals surface area contributed by atoms with E-state index in [-0.39, 0.29) is 10.8 Å². The molecule has 0 saturated heterocycles. The predicted octanol–water partition coefficient (Wildman–Crippen LogP) is 33.5. The Morgan fingerprint density at radius 3 is 0.912 bits per heavy atom. The van der Waals surface area contributed by atoms with Crippen LogP contribution in [0, 0.1) is 0 Å². The van der Waals surface area contributed by atoms with Crippen molar-refractivity contribution in [2.75, 3.05) is 0 Å². The monoisotopic (exact) mass is 1890 g/mol. The molecule has 0 bridgehead atoms. The van der Waals surface area contributed by atoms with E-state index >= 15 is 0 Å². The number of para-hydroxylation sites is 3. The van der Waals surface area contributed by atoms with Crippen LogP contribution in [-0.2, 0) is 16.2 Å². The van der Waals surface area contributed by atoms with Crippen LogP contribution in [0.3, 0.4) is 0 Å². The van der Waals surface area contributed by atoms with E-state index in [0.29, 0.717) is 40.9 Å². The highest BCUT2D eigenvalue weighted by molar-refractivity contribution is 6.15. The molecule has 148 heavy (non-hydrogen) atoms. The molecule has 26 aromatic rings. The fourth-order valence-corrected chi connectivity index (χ4v) is 23.3. The minimum Gasteiger partial charge on any atom is -0.309 e. The van der Waals surface area contributed by atoms with Gasteiger partial charge >= 0.3 is 0 Å². The summed E-state index contributed by atoms with van der Waals surface area (Å²) in [6.45, 7) is 9.36. The average Bonchev–Trinajstić information content (AvgIpc) is 1.52. The van der Waals surface area contributed by atoms with Gasteiger partial charge in [0.05, 0.1) is 49.9 Å². The van der Waals surface area contributed by atoms with Crippen LogP contribution in [0.2, 0.25) is 0 Å². The van der Waals surface area contributed by atoms with E-state index in [9.17, 15) is 0 Å². The highest BCUT2D eigenvalue weighted by Gasteiger charge is 2.47. The maximum absolute atomic E-state index is 5.44. The van der Waals surface area contributed by atoms with E-state index in [2.05, 4.69) is 418 Å². The molecule has 29 rings (SSSR count). The zero-order valence-electron chi connectivity index (χ0n) is 81.8. The predicted molar refractivity (Wildman–Crippen MR) is 606 cm³/mol. The molecule has 0 atom stereocenters. The summed E-state index contributed by atoms with van der Waals surface area (Å²) < 4.78 is 7.07. The molecule has 3 aliphatic rings. The summed E-state index contributed by atoms with van der Waals surface area (Å²) in [4.78, 5) is 40.5. The van der Waals surface area contributed by atoms with Gasteiger partial charge in [0, 0.05) is 99.0 Å². The van der Waals surface area contributed by atoms with Gasteiger partial charge in [-0.3, -0.25) is 4.57 Å². The third kappa shape index (κ3) is 14.8. The van der Waals surface area contributed by atoms with E-state index in [1.54, 1.807) is 0 Å². The van der Waals surface area contributed by atoms with E-state index in [1.165, 1.54) is 138 Å². The van der Waals surface area contributed by atoms with Crippen molar-refractivity contribution >= 4 is 65.4 Å². The number of hydrogen-bond donors (Lipinski definition) is 0. The van der Waals surface area contributed by atoms with Crippen molar-refractivity contribution in [2.45, 2.75) is 43.9 Å². The molecule has 3 aliphatic carbocycles. The van der Waals surface area contributed by atoms with Gasteiger partial charge in [0.2, 0.25) is 5.95 Å². The summed E-state index contributed by atoms with van der Waals surface area (Å²) in [5.41, 5.74) is 38.6. The lowest BCUT2D eigenvalue weighted by molar-refractivity contribution is 0.661. The molecule has 6 heterocycles. The standard InChI is InChI=1S/C53H35N3.2C42H30N4/c1-5-18-36(19-6-1)38-22-17-23-39(32-38)49-35-48(37-20-7-2-8-21-37)54-52(55-49)56-50-31-16-14-29-43(50)45-33-44-42-28-13-15-30-46(42)53(47(44)34-51(45)56,40-24-9-3-10-25-40)41-26-11-4-12-27-41;1-42(2)35-22-11-9-20-31(35)33-25-34-32-21-10-12-23-37(32)46(38(34)26-36(33)42)30-19-13-18-29(24-30)41-44-39(27-14-5-3-6-15-27)43-40(45-41)28-16-7-4-8-17-28;1-42(2)35-19-11-9-17-31(35)33-25-34-32-18-10-12-20-37(32)46(38(34)26-36(33)42)30-23-21-29(22-24-30)41-44-39(27-13-5-3-6-14-27)43-40(45-41)28-15-7-4-8-16-28/h1-35H;2*3-26H,1-2H3. The molecular weight excluding hydrogens is 1800 g/mol. The molecule has 698 valence electrons. The Balaban J connectivity index is 0.000000110. The molecule has 0 aliphatic heterocycles. The number of nitrogens with zero attached hydrogens (tertiary/aromatic N) is 11. The molecule has 0 spiro atoms. The van der Waals surface area contributed by atoms with E-state index in [1.807, 2.05) is 127 Å². The lowest BCUT2D eigenvalue weighted by Gasteiger charge is -2.34. The van der Waals surface area contributed by atoms with Gasteiger partial charge in [0.25, 0.3) is 0 Å². The fourth-order valence-electron chi connectivity index (χ4n) is 23.3. The van der Waals surface area contributed by atoms with Crippen LogP contribution >= 0.6 is 0 Å². The van der Waals surface area contributed by atoms with E-state index in [4.69, 9.17) is 39.9 Å². The van der Waals surface area contributed by atoms with E-state index < -0.39 is 5.41 Å². The molecule has 0 N–H and O–H groups in total. The molecule has 0 amide bonds. The van der Waals surface area contributed by atoms with Crippen LogP contribution < -0.4 is 0 Å². The number of rotatable bonds is 14. The second-order valence-corrected chi connectivity index (χ2v) is 39.6. The topological polar surface area (TPSA) is 118 Å². The molecule has 0 saturated carbocycles. The van der Waals surface area contributed by atoms with Crippen LogP contribution in [0.25, 0.3) is 218 Å². The van der Waals surface area contributed by atoms with Gasteiger partial charge in [0.1, 0.15) is 0 Å². The number of benzene rings is 20. The molecule has 6 aromatic heterocycles. The maximum Gasteiger partial charge on any atom is 0.235 e. The van der Waals surface area contributed by atoms with Gasteiger partial charge < -0.3 is 9.13 Å². The van der Waals surface area contributed by atoms with Crippen LogP contribution in [0.5, 0.6) is 0 Å². The minimum atomic E-state index is -0.528. The van der Waals surface area contributed by atoms with Crippen LogP contribution in [-0.4, -0.2) is 53.6 Å². The SMILES string of the molecule is CC1(C)c2ccccc2-c2cc3c4ccccc4n(-c4ccc(-c5nc(-c6ccccc6)nc(-c6ccccc6)n5)cc4)c3cc21.CC1(C)c2ccccc2-c2cc3c4ccccc4n(-c4cccc(-c5nc(-c6ccccc6)nc(-c6ccccc6)n5)c4)c3cc21.c1ccc(-c2cccc(-c3cc(-c4ccccc4)nc(-n4c5ccccc5c5cc6c(cc54)C(c4ccccc4)(c4ccccc4)c4ccccc4-6)n3)c2)cc1. The van der Waals surface area contributed by atoms with Gasteiger partial charge in [-0.15, -0.1) is 0 Å². The quantitative estimate of drug-likeness (QED) is 0.106. The van der Waals surface area contributed by atoms with Crippen molar-refractivity contribution in [3.8, 4) is 153 Å². The first-order valence-corrected chi connectivity index (χ1v) is 50.6. The third-order valence-corrected chi connectivity index (χ3v) is 30.4. The molecular formula is C137H95N11. The molecule has 11 heteroatoms. The maximum atomic E-state index is 5.44. The van der Waals surface area contributed by atoms with Crippen LogP contribution in [0.1, 0.15) is 72.2 Å². The summed E-state index contributed by atoms with van der Waals surface area (Å²) in [5, 5.41) is 7.36. The third-order valence-electron chi connectivity index (χ3n) is 30.4. The molecule has 0 radical (unpaired) electrons. The summed E-state index contributed by atoms with van der Waals surface area (Å²) in [6, 6.07) is 179. The van der Waals surface area contributed by atoms with Gasteiger partial charge in [-0.1, -0.05) is 428 Å². The Morgan fingerprint density at radius 2 is 0.466 bits per heavy atom. The number of hydrogen-bond acceptors (Lipinski definition) is 8. The summed E-state index contributed by atoms with van der Waals surface area (Å²) in [7, 11) is 0. The Morgan fingerprint density at radius 1 is 0.162 bits per heavy atom. The highest BCUT2D eigenvalue weighted by atomic mass is 15.2. The smallest absolute Gasteiger partial charge is 0.235 e. The first-order valence-electron chi connectivity index (χ1n) is 50.6. The van der Waals surface area contributed by atoms with Crippen molar-refractivity contribution in [1.82, 2.24) is 53.6 Å². The van der Waals surface area contributed by atoms with Gasteiger partial charge in [0.15, 0.2) is 34.9 Å². The van der Waals surface area contributed by atoms with Crippen molar-refractivity contribution in [3.63, 3.8) is 0 Å². The molecule has 11 nitrogen and oxygen atoms in total. The molecule has 20 aromatic carbocycles. The van der Waals surface area contributed by atoms with Crippen LogP contribution in [0.15, 0.2) is 504 Å². The summed E-state index contributed by atoms with van der Waals surface area (Å²) >= 11 is 0. The largest absolute Gasteiger partial charge is 0.309 e. The number of fused-ring (bicyclic) bond motifs is 18. The van der Waals surface area contributed by atoms with Crippen molar-refractivity contribution in [3.05, 3.63) is 548 Å². The molecule has 0 fully saturated rings. The Labute approximate surface area is 857 Å². The number of aromatic nitrogens is 11. The highest BCUT2D eigenvalue weighted by Crippen LogP contribution is 2.59. The Hall–Kier alpha value is -19.1. The van der Waals surface area contributed by atoms with Crippen molar-refractivity contribution in [1.29, 1.82) is 0 Å². The fraction of sp³-hybridized carbons (Fsp3) is 0.0511. The van der Waals surface area contributed by atoms with Crippen LogP contribution in [0.4, 0.5) is 0 Å². The normalized spacial score (nSPS) is 13.0. The molecule has 0 unspecified atom stereocenters. The second kappa shape index (κ2) is 35.8. The lowest BCUT2D eigenvalue weighted by Crippen LogP contribution is -2.28.